The Kier molecular flexibility index (Phi) is 2.99. The van der Waals surface area contributed by atoms with E-state index in [9.17, 15) is 9.59 Å². The summed E-state index contributed by atoms with van der Waals surface area (Å²) in [5, 5.41) is 0. The van der Waals surface area contributed by atoms with Crippen LogP contribution in [-0.2, 0) is 16.0 Å². The SMILES string of the molecule is CCOC(=O)[C@@H]1CCc2ccncc2C1=O. The molecule has 16 heavy (non-hydrogen) atoms. The average Bonchev–Trinajstić information content (AvgIpc) is 2.30. The quantitative estimate of drug-likeness (QED) is 0.557. The zero-order chi connectivity index (χ0) is 11.5. The van der Waals surface area contributed by atoms with E-state index in [1.54, 1.807) is 13.1 Å². The third kappa shape index (κ3) is 1.83. The molecule has 0 aromatic carbocycles. The Hall–Kier alpha value is -1.71. The van der Waals surface area contributed by atoms with Crippen molar-refractivity contribution in [2.24, 2.45) is 5.92 Å². The van der Waals surface area contributed by atoms with E-state index in [-0.39, 0.29) is 5.78 Å². The highest BCUT2D eigenvalue weighted by Crippen LogP contribution is 2.25. The molecule has 1 atom stereocenters. The van der Waals surface area contributed by atoms with Gasteiger partial charge in [0, 0.05) is 18.0 Å². The first-order chi connectivity index (χ1) is 7.74. The van der Waals surface area contributed by atoms with Gasteiger partial charge in [-0.25, -0.2) is 0 Å². The van der Waals surface area contributed by atoms with Crippen LogP contribution >= 0.6 is 0 Å². The summed E-state index contributed by atoms with van der Waals surface area (Å²) in [4.78, 5) is 27.5. The minimum Gasteiger partial charge on any atom is -0.465 e. The molecule has 0 saturated carbocycles. The van der Waals surface area contributed by atoms with E-state index in [0.29, 0.717) is 18.6 Å². The van der Waals surface area contributed by atoms with Crippen LogP contribution in [0, 0.1) is 5.92 Å². The fraction of sp³-hybridized carbons (Fsp3) is 0.417. The molecule has 0 aliphatic heterocycles. The van der Waals surface area contributed by atoms with Gasteiger partial charge in [0.15, 0.2) is 5.78 Å². The minimum atomic E-state index is -0.642. The lowest BCUT2D eigenvalue weighted by molar-refractivity contribution is -0.146. The molecule has 0 unspecified atom stereocenters. The monoisotopic (exact) mass is 219 g/mol. The van der Waals surface area contributed by atoms with Gasteiger partial charge in [-0.1, -0.05) is 0 Å². The molecule has 0 N–H and O–H groups in total. The van der Waals surface area contributed by atoms with E-state index in [1.165, 1.54) is 6.20 Å². The lowest BCUT2D eigenvalue weighted by Gasteiger charge is -2.21. The fourth-order valence-electron chi connectivity index (χ4n) is 1.95. The number of hydrogen-bond acceptors (Lipinski definition) is 4. The lowest BCUT2D eigenvalue weighted by Crippen LogP contribution is -2.31. The molecule has 4 heteroatoms. The second-order valence-corrected chi connectivity index (χ2v) is 3.74. The molecule has 0 bridgehead atoms. The number of esters is 1. The molecule has 1 aliphatic rings. The molecule has 1 aliphatic carbocycles. The largest absolute Gasteiger partial charge is 0.465 e. The number of fused-ring (bicyclic) bond motifs is 1. The van der Waals surface area contributed by atoms with Crippen LogP contribution in [0.25, 0.3) is 0 Å². The van der Waals surface area contributed by atoms with Crippen molar-refractivity contribution < 1.29 is 14.3 Å². The number of hydrogen-bond donors (Lipinski definition) is 0. The van der Waals surface area contributed by atoms with Crippen LogP contribution in [0.3, 0.4) is 0 Å². The smallest absolute Gasteiger partial charge is 0.316 e. The third-order valence-electron chi connectivity index (χ3n) is 2.77. The van der Waals surface area contributed by atoms with Crippen molar-refractivity contribution in [3.63, 3.8) is 0 Å². The summed E-state index contributed by atoms with van der Waals surface area (Å²) in [6.45, 7) is 2.04. The number of Topliss-reactive ketones (excluding diaryl/α,β-unsaturated/α-hetero) is 1. The summed E-state index contributed by atoms with van der Waals surface area (Å²) >= 11 is 0. The number of aromatic nitrogens is 1. The van der Waals surface area contributed by atoms with Gasteiger partial charge < -0.3 is 4.74 Å². The summed E-state index contributed by atoms with van der Waals surface area (Å²) in [5.74, 6) is -1.22. The summed E-state index contributed by atoms with van der Waals surface area (Å²) in [7, 11) is 0. The van der Waals surface area contributed by atoms with Crippen LogP contribution in [0.5, 0.6) is 0 Å². The number of ether oxygens (including phenoxy) is 1. The van der Waals surface area contributed by atoms with Gasteiger partial charge in [-0.05, 0) is 31.4 Å². The Bertz CT molecular complexity index is 428. The maximum atomic E-state index is 12.0. The normalized spacial score (nSPS) is 19.1. The number of nitrogens with zero attached hydrogens (tertiary/aromatic N) is 1. The van der Waals surface area contributed by atoms with Crippen LogP contribution in [-0.4, -0.2) is 23.3 Å². The Morgan fingerprint density at radius 2 is 2.44 bits per heavy atom. The van der Waals surface area contributed by atoms with Crippen molar-refractivity contribution in [2.45, 2.75) is 19.8 Å². The minimum absolute atomic E-state index is 0.159. The molecule has 2 rings (SSSR count). The van der Waals surface area contributed by atoms with Gasteiger partial charge in [-0.2, -0.15) is 0 Å². The van der Waals surface area contributed by atoms with Gasteiger partial charge >= 0.3 is 5.97 Å². The van der Waals surface area contributed by atoms with Crippen molar-refractivity contribution >= 4 is 11.8 Å². The first kappa shape index (κ1) is 10.8. The molecular formula is C12H13NO3. The van der Waals surface area contributed by atoms with Crippen molar-refractivity contribution in [1.82, 2.24) is 4.98 Å². The molecule has 0 amide bonds. The van der Waals surface area contributed by atoms with Crippen molar-refractivity contribution in [3.05, 3.63) is 29.6 Å². The number of aryl methyl sites for hydroxylation is 1. The zero-order valence-corrected chi connectivity index (χ0v) is 9.10. The van der Waals surface area contributed by atoms with Crippen molar-refractivity contribution in [2.75, 3.05) is 6.61 Å². The fourth-order valence-corrected chi connectivity index (χ4v) is 1.95. The Morgan fingerprint density at radius 3 is 3.19 bits per heavy atom. The Balaban J connectivity index is 2.24. The molecule has 0 fully saturated rings. The summed E-state index contributed by atoms with van der Waals surface area (Å²) in [5.41, 5.74) is 1.53. The highest BCUT2D eigenvalue weighted by atomic mass is 16.5. The van der Waals surface area contributed by atoms with E-state index in [4.69, 9.17) is 4.74 Å². The van der Waals surface area contributed by atoms with Gasteiger partial charge in [0.2, 0.25) is 0 Å². The van der Waals surface area contributed by atoms with Crippen LogP contribution in [0.4, 0.5) is 0 Å². The average molecular weight is 219 g/mol. The standard InChI is InChI=1S/C12H13NO3/c1-2-16-12(15)9-4-3-8-5-6-13-7-10(8)11(9)14/h5-7,9H,2-4H2,1H3/t9-/m1/s1. The van der Waals surface area contributed by atoms with Gasteiger partial charge in [0.1, 0.15) is 5.92 Å². The van der Waals surface area contributed by atoms with Gasteiger partial charge in [0.05, 0.1) is 6.61 Å². The first-order valence-corrected chi connectivity index (χ1v) is 5.37. The zero-order valence-electron chi connectivity index (χ0n) is 9.10. The highest BCUT2D eigenvalue weighted by Gasteiger charge is 2.33. The molecule has 0 radical (unpaired) electrons. The molecule has 1 aromatic heterocycles. The van der Waals surface area contributed by atoms with Crippen LogP contribution in [0.2, 0.25) is 0 Å². The predicted molar refractivity (Wildman–Crippen MR) is 57.0 cm³/mol. The number of ketones is 1. The molecule has 0 saturated heterocycles. The summed E-state index contributed by atoms with van der Waals surface area (Å²) in [6.07, 6.45) is 4.46. The van der Waals surface area contributed by atoms with Crippen LogP contribution < -0.4 is 0 Å². The van der Waals surface area contributed by atoms with E-state index in [2.05, 4.69) is 4.98 Å². The maximum Gasteiger partial charge on any atom is 0.316 e. The molecule has 1 heterocycles. The topological polar surface area (TPSA) is 56.3 Å². The van der Waals surface area contributed by atoms with Crippen LogP contribution in [0.1, 0.15) is 29.3 Å². The third-order valence-corrected chi connectivity index (χ3v) is 2.77. The molecule has 0 spiro atoms. The second-order valence-electron chi connectivity index (χ2n) is 3.74. The summed E-state index contributed by atoms with van der Waals surface area (Å²) in [6, 6.07) is 1.83. The van der Waals surface area contributed by atoms with E-state index < -0.39 is 11.9 Å². The predicted octanol–water partition coefficient (Wildman–Crippen LogP) is 1.39. The Labute approximate surface area is 93.6 Å². The van der Waals surface area contributed by atoms with Crippen LogP contribution in [0.15, 0.2) is 18.5 Å². The van der Waals surface area contributed by atoms with Gasteiger partial charge in [0.25, 0.3) is 0 Å². The van der Waals surface area contributed by atoms with Gasteiger partial charge in [-0.15, -0.1) is 0 Å². The van der Waals surface area contributed by atoms with E-state index >= 15 is 0 Å². The molecule has 84 valence electrons. The van der Waals surface area contributed by atoms with E-state index in [1.807, 2.05) is 6.07 Å². The van der Waals surface area contributed by atoms with E-state index in [0.717, 1.165) is 12.0 Å². The number of pyridine rings is 1. The second kappa shape index (κ2) is 4.43. The van der Waals surface area contributed by atoms with Crippen molar-refractivity contribution in [1.29, 1.82) is 0 Å². The van der Waals surface area contributed by atoms with Gasteiger partial charge in [-0.3, -0.25) is 14.6 Å². The number of rotatable bonds is 2. The molecule has 1 aromatic rings. The molecular weight excluding hydrogens is 206 g/mol. The number of carbonyl (C=O) groups excluding carboxylic acids is 2. The van der Waals surface area contributed by atoms with Crippen molar-refractivity contribution in [3.8, 4) is 0 Å². The number of carbonyl (C=O) groups is 2. The molecule has 4 nitrogen and oxygen atoms in total. The Morgan fingerprint density at radius 1 is 1.62 bits per heavy atom. The maximum absolute atomic E-state index is 12.0. The highest BCUT2D eigenvalue weighted by molar-refractivity contribution is 6.10. The first-order valence-electron chi connectivity index (χ1n) is 5.37. The summed E-state index contributed by atoms with van der Waals surface area (Å²) < 4.78 is 4.89. The lowest BCUT2D eigenvalue weighted by atomic mass is 9.84.